The molecule has 0 atom stereocenters. The summed E-state index contributed by atoms with van der Waals surface area (Å²) in [6.45, 7) is -0.0947. The molecule has 0 aromatic heterocycles. The van der Waals surface area contributed by atoms with E-state index in [1.165, 1.54) is 0 Å². The first-order chi connectivity index (χ1) is 6.59. The summed E-state index contributed by atoms with van der Waals surface area (Å²) < 4.78 is 0.932. The third-order valence-electron chi connectivity index (χ3n) is 1.51. The molecule has 1 aromatic carbocycles. The third kappa shape index (κ3) is 3.79. The van der Waals surface area contributed by atoms with Gasteiger partial charge in [0.2, 0.25) is 0 Å². The van der Waals surface area contributed by atoms with E-state index >= 15 is 0 Å². The van der Waals surface area contributed by atoms with Gasteiger partial charge in [0.15, 0.2) is 0 Å². The van der Waals surface area contributed by atoms with Gasteiger partial charge in [0, 0.05) is 0 Å². The van der Waals surface area contributed by atoms with Crippen LogP contribution in [0.15, 0.2) is 24.3 Å². The van der Waals surface area contributed by atoms with E-state index in [1.807, 2.05) is 12.1 Å². The molecule has 6 heteroatoms. The average molecular weight is 296 g/mol. The van der Waals surface area contributed by atoms with E-state index in [1.54, 1.807) is 12.1 Å². The molecule has 0 unspecified atom stereocenters. The predicted molar refractivity (Wildman–Crippen MR) is 59.7 cm³/mol. The molecule has 3 nitrogen and oxygen atoms in total. The summed E-state index contributed by atoms with van der Waals surface area (Å²) >= 11 is -1.85. The van der Waals surface area contributed by atoms with Crippen molar-refractivity contribution in [2.45, 2.75) is 0 Å². The van der Waals surface area contributed by atoms with Crippen LogP contribution in [0.5, 0.6) is 0 Å². The number of aliphatic carboxylic acids is 1. The summed E-state index contributed by atoms with van der Waals surface area (Å²) in [5, 5.41) is 11.2. The van der Waals surface area contributed by atoms with E-state index in [9.17, 15) is 4.79 Å². The molecule has 0 fully saturated rings. The molecule has 76 valence electrons. The van der Waals surface area contributed by atoms with Crippen LogP contribution in [0.25, 0.3) is 0 Å². The molecule has 0 heterocycles. The van der Waals surface area contributed by atoms with E-state index in [-0.39, 0.29) is 6.54 Å². The van der Waals surface area contributed by atoms with E-state index < -0.39 is 18.7 Å². The van der Waals surface area contributed by atoms with Gasteiger partial charge in [-0.3, -0.25) is 0 Å². The van der Waals surface area contributed by atoms with Crippen LogP contribution < -0.4 is 9.67 Å². The Morgan fingerprint density at radius 3 is 2.36 bits per heavy atom. The average Bonchev–Trinajstić information content (AvgIpc) is 2.15. The molecule has 1 aromatic rings. The van der Waals surface area contributed by atoms with Crippen LogP contribution in [0, 0.1) is 0 Å². The molecule has 2 N–H and O–H groups in total. The van der Waals surface area contributed by atoms with Crippen molar-refractivity contribution in [1.29, 1.82) is 0 Å². The van der Waals surface area contributed by atoms with Gasteiger partial charge in [0.05, 0.1) is 0 Å². The molecule has 0 aliphatic rings. The molecule has 0 aliphatic carbocycles. The second-order valence-corrected chi connectivity index (χ2v) is 9.00. The first-order valence-electron chi connectivity index (χ1n) is 3.77. The minimum absolute atomic E-state index is 0.0947. The summed E-state index contributed by atoms with van der Waals surface area (Å²) in [6, 6.07) is 7.16. The van der Waals surface area contributed by atoms with Crippen LogP contribution in [0.1, 0.15) is 0 Å². The van der Waals surface area contributed by atoms with Gasteiger partial charge in [-0.2, -0.15) is 0 Å². The fraction of sp³-hybridized carbons (Fsp3) is 0.125. The molecule has 0 amide bonds. The van der Waals surface area contributed by atoms with E-state index in [4.69, 9.17) is 25.0 Å². The first-order valence-corrected chi connectivity index (χ1v) is 9.64. The van der Waals surface area contributed by atoms with Crippen molar-refractivity contribution in [3.8, 4) is 0 Å². The Bertz CT molecular complexity index is 316. The molecule has 0 bridgehead atoms. The second-order valence-electron chi connectivity index (χ2n) is 2.53. The van der Waals surface area contributed by atoms with Crippen LogP contribution in [0.3, 0.4) is 0 Å². The van der Waals surface area contributed by atoms with Gasteiger partial charge in [0.25, 0.3) is 0 Å². The fourth-order valence-corrected chi connectivity index (χ4v) is 2.83. The number of hydrogen-bond donors (Lipinski definition) is 2. The molecule has 0 saturated heterocycles. The Hall–Kier alpha value is -0.372. The Labute approximate surface area is 94.6 Å². The number of nitrogens with one attached hydrogen (secondary N) is 1. The normalized spacial score (nSPS) is 10.2. The van der Waals surface area contributed by atoms with Gasteiger partial charge in [-0.1, -0.05) is 0 Å². The number of carboxylic acids is 1. The quantitative estimate of drug-likeness (QED) is 0.825. The number of rotatable bonds is 4. The van der Waals surface area contributed by atoms with E-state index in [0.29, 0.717) is 0 Å². The van der Waals surface area contributed by atoms with Crippen LogP contribution >= 0.6 is 19.9 Å². The summed E-state index contributed by atoms with van der Waals surface area (Å²) in [5.41, 5.74) is 0.750. The minimum atomic E-state index is -1.85. The van der Waals surface area contributed by atoms with Crippen molar-refractivity contribution in [2.75, 3.05) is 11.9 Å². The van der Waals surface area contributed by atoms with Crippen molar-refractivity contribution >= 4 is 48.7 Å². The molecule has 1 rings (SSSR count). The van der Waals surface area contributed by atoms with Crippen LogP contribution in [0.2, 0.25) is 0 Å². The van der Waals surface area contributed by atoms with Crippen LogP contribution in [-0.2, 0) is 4.79 Å². The Balaban J connectivity index is 2.59. The molecular weight excluding hydrogens is 288 g/mol. The first kappa shape index (κ1) is 11.7. The van der Waals surface area contributed by atoms with Gasteiger partial charge < -0.3 is 0 Å². The maximum absolute atomic E-state index is 10.3. The molecule has 0 aliphatic heterocycles. The van der Waals surface area contributed by atoms with Crippen LogP contribution in [-0.4, -0.2) is 30.4 Å². The number of benzene rings is 1. The number of anilines is 1. The third-order valence-corrected chi connectivity index (χ3v) is 4.98. The standard InChI is InChI=1S/C8H8AsCl2NO2/c10-9(11)6-1-3-7(4-2-6)12-5-8(13)14/h1-4,12H,5H2,(H,13,14). The van der Waals surface area contributed by atoms with Crippen molar-refractivity contribution in [1.82, 2.24) is 0 Å². The topological polar surface area (TPSA) is 49.3 Å². The Kier molecular flexibility index (Phi) is 4.59. The molecular formula is C8H8AsCl2NO2. The number of hydrogen-bond acceptors (Lipinski definition) is 2. The monoisotopic (exact) mass is 295 g/mol. The van der Waals surface area contributed by atoms with Crippen molar-refractivity contribution in [3.63, 3.8) is 0 Å². The maximum atomic E-state index is 10.3. The Morgan fingerprint density at radius 1 is 1.36 bits per heavy atom. The van der Waals surface area contributed by atoms with Gasteiger partial charge in [-0.05, 0) is 0 Å². The zero-order chi connectivity index (χ0) is 10.6. The molecule has 0 saturated carbocycles. The van der Waals surface area contributed by atoms with Gasteiger partial charge in [0.1, 0.15) is 0 Å². The van der Waals surface area contributed by atoms with E-state index in [2.05, 4.69) is 5.32 Å². The zero-order valence-corrected chi connectivity index (χ0v) is 10.5. The number of halogens is 2. The summed E-state index contributed by atoms with van der Waals surface area (Å²) in [5.74, 6) is -0.892. The Morgan fingerprint density at radius 2 is 1.93 bits per heavy atom. The number of carboxylic acid groups (broad SMARTS) is 1. The van der Waals surface area contributed by atoms with Gasteiger partial charge in [-0.15, -0.1) is 0 Å². The van der Waals surface area contributed by atoms with E-state index in [0.717, 1.165) is 10.0 Å². The van der Waals surface area contributed by atoms with Crippen molar-refractivity contribution in [3.05, 3.63) is 24.3 Å². The molecule has 0 spiro atoms. The van der Waals surface area contributed by atoms with Crippen LogP contribution in [0.4, 0.5) is 5.69 Å². The predicted octanol–water partition coefficient (Wildman–Crippen LogP) is 1.36. The SMILES string of the molecule is O=C(O)CNc1ccc([As](Cl)Cl)cc1. The van der Waals surface area contributed by atoms with Crippen molar-refractivity contribution < 1.29 is 9.90 Å². The second kappa shape index (κ2) is 5.49. The summed E-state index contributed by atoms with van der Waals surface area (Å²) in [6.07, 6.45) is 0. The summed E-state index contributed by atoms with van der Waals surface area (Å²) in [7, 11) is 11.6. The van der Waals surface area contributed by atoms with Gasteiger partial charge in [-0.25, -0.2) is 0 Å². The summed E-state index contributed by atoms with van der Waals surface area (Å²) in [4.78, 5) is 10.3. The zero-order valence-electron chi connectivity index (χ0n) is 7.08. The van der Waals surface area contributed by atoms with Gasteiger partial charge >= 0.3 is 94.7 Å². The van der Waals surface area contributed by atoms with Crippen molar-refractivity contribution in [2.24, 2.45) is 0 Å². The molecule has 14 heavy (non-hydrogen) atoms. The number of carbonyl (C=O) groups is 1. The fourth-order valence-electron chi connectivity index (χ4n) is 0.870. The molecule has 0 radical (unpaired) electrons.